The lowest BCUT2D eigenvalue weighted by Crippen LogP contribution is -2.08. The molecule has 6 heteroatoms. The fourth-order valence-corrected chi connectivity index (χ4v) is 0.763. The average molecular weight is 188 g/mol. The molecule has 1 heterocycles. The first kappa shape index (κ1) is 9.32. The van der Waals surface area contributed by atoms with Gasteiger partial charge in [-0.25, -0.2) is 4.98 Å². The topological polar surface area (TPSA) is 56.9 Å². The highest BCUT2D eigenvalue weighted by Gasteiger charge is 2.34. The van der Waals surface area contributed by atoms with Crippen LogP contribution in [0.4, 0.5) is 13.2 Å². The van der Waals surface area contributed by atoms with Crippen molar-refractivity contribution in [3.63, 3.8) is 0 Å². The molecule has 1 aromatic rings. The van der Waals surface area contributed by atoms with E-state index in [1.807, 2.05) is 0 Å². The van der Waals surface area contributed by atoms with Gasteiger partial charge in [-0.3, -0.25) is 0 Å². The molecule has 1 N–H and O–H groups in total. The molecular formula is C7H3F3N2O. The van der Waals surface area contributed by atoms with Crippen LogP contribution < -0.4 is 0 Å². The fourth-order valence-electron chi connectivity index (χ4n) is 0.763. The summed E-state index contributed by atoms with van der Waals surface area (Å²) in [6.45, 7) is 0. The number of alkyl halides is 3. The van der Waals surface area contributed by atoms with Crippen LogP contribution in [0.1, 0.15) is 11.1 Å². The second-order valence-electron chi connectivity index (χ2n) is 2.20. The first-order valence-corrected chi connectivity index (χ1v) is 3.11. The van der Waals surface area contributed by atoms with Crippen molar-refractivity contribution >= 4 is 0 Å². The first-order chi connectivity index (χ1) is 5.95. The van der Waals surface area contributed by atoms with Crippen molar-refractivity contribution in [1.29, 1.82) is 5.26 Å². The minimum atomic E-state index is -4.62. The van der Waals surface area contributed by atoms with Gasteiger partial charge in [-0.05, 0) is 0 Å². The molecule has 0 atom stereocenters. The molecule has 13 heavy (non-hydrogen) atoms. The predicted octanol–water partition coefficient (Wildman–Crippen LogP) is 1.68. The van der Waals surface area contributed by atoms with Gasteiger partial charge >= 0.3 is 6.18 Å². The number of nitriles is 1. The molecule has 0 aliphatic heterocycles. The van der Waals surface area contributed by atoms with Crippen molar-refractivity contribution in [3.8, 4) is 11.9 Å². The highest BCUT2D eigenvalue weighted by atomic mass is 19.4. The molecule has 3 nitrogen and oxygen atoms in total. The Kier molecular flexibility index (Phi) is 2.10. The summed E-state index contributed by atoms with van der Waals surface area (Å²) in [5, 5.41) is 17.0. The summed E-state index contributed by atoms with van der Waals surface area (Å²) in [6, 6.07) is 1.99. The van der Waals surface area contributed by atoms with Crippen LogP contribution >= 0.6 is 0 Å². The summed E-state index contributed by atoms with van der Waals surface area (Å²) in [4.78, 5) is 3.04. The Labute approximate surface area is 71.1 Å². The third-order valence-electron chi connectivity index (χ3n) is 1.32. The van der Waals surface area contributed by atoms with Gasteiger partial charge in [0, 0.05) is 12.3 Å². The first-order valence-electron chi connectivity index (χ1n) is 3.11. The molecule has 1 aromatic heterocycles. The standard InChI is InChI=1S/C7H3F3N2O/c8-7(9,10)5-3-12-6(13)1-4(5)2-11/h1,3H,(H,12,13). The van der Waals surface area contributed by atoms with Crippen LogP contribution in [0.15, 0.2) is 12.3 Å². The largest absolute Gasteiger partial charge is 0.493 e. The van der Waals surface area contributed by atoms with Gasteiger partial charge in [0.1, 0.15) is 6.07 Å². The van der Waals surface area contributed by atoms with Crippen LogP contribution in [0.2, 0.25) is 0 Å². The van der Waals surface area contributed by atoms with E-state index in [-0.39, 0.29) is 0 Å². The molecule has 0 unspecified atom stereocenters. The Morgan fingerprint density at radius 2 is 2.08 bits per heavy atom. The van der Waals surface area contributed by atoms with Crippen LogP contribution in [0.3, 0.4) is 0 Å². The zero-order chi connectivity index (χ0) is 10.1. The number of hydrogen-bond acceptors (Lipinski definition) is 3. The summed E-state index contributed by atoms with van der Waals surface area (Å²) in [5.41, 5.74) is -1.78. The number of aromatic nitrogens is 1. The highest BCUT2D eigenvalue weighted by molar-refractivity contribution is 5.40. The quantitative estimate of drug-likeness (QED) is 0.673. The van der Waals surface area contributed by atoms with Crippen LogP contribution in [-0.4, -0.2) is 10.1 Å². The number of pyridine rings is 1. The van der Waals surface area contributed by atoms with Gasteiger partial charge in [0.25, 0.3) is 0 Å². The van der Waals surface area contributed by atoms with Gasteiger partial charge in [-0.15, -0.1) is 0 Å². The lowest BCUT2D eigenvalue weighted by atomic mass is 10.1. The van der Waals surface area contributed by atoms with E-state index in [2.05, 4.69) is 4.98 Å². The summed E-state index contributed by atoms with van der Waals surface area (Å²) >= 11 is 0. The number of rotatable bonds is 0. The van der Waals surface area contributed by atoms with Gasteiger partial charge in [-0.2, -0.15) is 18.4 Å². The minimum Gasteiger partial charge on any atom is -0.493 e. The summed E-state index contributed by atoms with van der Waals surface area (Å²) in [6.07, 6.45) is -4.19. The lowest BCUT2D eigenvalue weighted by Gasteiger charge is -2.06. The predicted molar refractivity (Wildman–Crippen MR) is 35.6 cm³/mol. The lowest BCUT2D eigenvalue weighted by molar-refractivity contribution is -0.138. The highest BCUT2D eigenvalue weighted by Crippen LogP contribution is 2.31. The zero-order valence-corrected chi connectivity index (χ0v) is 6.13. The van der Waals surface area contributed by atoms with Crippen LogP contribution in [0.5, 0.6) is 5.88 Å². The zero-order valence-electron chi connectivity index (χ0n) is 6.13. The minimum absolute atomic E-state index is 0.424. The Morgan fingerprint density at radius 1 is 1.46 bits per heavy atom. The normalized spacial score (nSPS) is 10.9. The molecule has 0 spiro atoms. The van der Waals surface area contributed by atoms with Gasteiger partial charge in [0.15, 0.2) is 0 Å². The summed E-state index contributed by atoms with van der Waals surface area (Å²) in [7, 11) is 0. The maximum atomic E-state index is 12.1. The second kappa shape index (κ2) is 2.94. The molecule has 0 radical (unpaired) electrons. The summed E-state index contributed by atoms with van der Waals surface area (Å²) in [5.74, 6) is -0.607. The van der Waals surface area contributed by atoms with Crippen molar-refractivity contribution in [2.75, 3.05) is 0 Å². The number of nitrogens with zero attached hydrogens (tertiary/aromatic N) is 2. The smallest absolute Gasteiger partial charge is 0.419 e. The van der Waals surface area contributed by atoms with Crippen molar-refractivity contribution in [2.24, 2.45) is 0 Å². The Hall–Kier alpha value is -1.77. The van der Waals surface area contributed by atoms with E-state index >= 15 is 0 Å². The molecule has 0 aromatic carbocycles. The maximum absolute atomic E-state index is 12.1. The van der Waals surface area contributed by atoms with E-state index in [0.717, 1.165) is 0 Å². The molecule has 0 amide bonds. The number of aromatic hydroxyl groups is 1. The molecular weight excluding hydrogens is 185 g/mol. The van der Waals surface area contributed by atoms with Crippen molar-refractivity contribution in [2.45, 2.75) is 6.18 Å². The Balaban J connectivity index is 3.32. The Bertz CT molecular complexity index is 367. The molecule has 0 saturated carbocycles. The SMILES string of the molecule is N#Cc1cc(O)ncc1C(F)(F)F. The molecule has 1 rings (SSSR count). The maximum Gasteiger partial charge on any atom is 0.419 e. The van der Waals surface area contributed by atoms with E-state index < -0.39 is 23.2 Å². The molecule has 0 aliphatic rings. The van der Waals surface area contributed by atoms with Crippen LogP contribution in [0, 0.1) is 11.3 Å². The number of halogens is 3. The van der Waals surface area contributed by atoms with Crippen molar-refractivity contribution in [3.05, 3.63) is 23.4 Å². The van der Waals surface area contributed by atoms with E-state index in [1.54, 1.807) is 0 Å². The average Bonchev–Trinajstić information content (AvgIpc) is 2.01. The van der Waals surface area contributed by atoms with Gasteiger partial charge < -0.3 is 5.11 Å². The van der Waals surface area contributed by atoms with Crippen molar-refractivity contribution in [1.82, 2.24) is 4.98 Å². The third kappa shape index (κ3) is 1.87. The second-order valence-corrected chi connectivity index (χ2v) is 2.20. The third-order valence-corrected chi connectivity index (χ3v) is 1.32. The van der Waals surface area contributed by atoms with Crippen LogP contribution in [0.25, 0.3) is 0 Å². The van der Waals surface area contributed by atoms with E-state index in [1.165, 1.54) is 6.07 Å². The Morgan fingerprint density at radius 3 is 2.54 bits per heavy atom. The molecule has 0 saturated heterocycles. The molecule has 68 valence electrons. The van der Waals surface area contributed by atoms with E-state index in [4.69, 9.17) is 10.4 Å². The monoisotopic (exact) mass is 188 g/mol. The molecule has 0 bridgehead atoms. The summed E-state index contributed by atoms with van der Waals surface area (Å²) < 4.78 is 36.3. The molecule has 0 aliphatic carbocycles. The van der Waals surface area contributed by atoms with Gasteiger partial charge in [-0.1, -0.05) is 0 Å². The van der Waals surface area contributed by atoms with E-state index in [9.17, 15) is 13.2 Å². The van der Waals surface area contributed by atoms with Crippen molar-refractivity contribution < 1.29 is 18.3 Å². The fraction of sp³-hybridized carbons (Fsp3) is 0.143. The van der Waals surface area contributed by atoms with Gasteiger partial charge in [0.2, 0.25) is 5.88 Å². The number of hydrogen-bond donors (Lipinski definition) is 1. The van der Waals surface area contributed by atoms with Gasteiger partial charge in [0.05, 0.1) is 11.1 Å². The van der Waals surface area contributed by atoms with E-state index in [0.29, 0.717) is 12.3 Å². The van der Waals surface area contributed by atoms with Crippen LogP contribution in [-0.2, 0) is 6.18 Å². The molecule has 0 fully saturated rings.